The molecule has 1 N–H and O–H groups in total. The van der Waals surface area contributed by atoms with E-state index in [1.807, 2.05) is 0 Å². The van der Waals surface area contributed by atoms with Gasteiger partial charge in [-0.2, -0.15) is 0 Å². The minimum atomic E-state index is 0.370. The molecule has 0 saturated carbocycles. The number of hydrogen-bond acceptors (Lipinski definition) is 4. The van der Waals surface area contributed by atoms with Gasteiger partial charge >= 0.3 is 0 Å². The Morgan fingerprint density at radius 3 is 3.06 bits per heavy atom. The van der Waals surface area contributed by atoms with E-state index in [0.717, 1.165) is 52.3 Å². The Bertz CT molecular complexity index is 236. The maximum absolute atomic E-state index is 5.71. The summed E-state index contributed by atoms with van der Waals surface area (Å²) in [6, 6.07) is 0.628. The second-order valence-corrected chi connectivity index (χ2v) is 5.58. The van der Waals surface area contributed by atoms with Crippen molar-refractivity contribution in [3.63, 3.8) is 0 Å². The Hall–Kier alpha value is -0.160. The van der Waals surface area contributed by atoms with Crippen molar-refractivity contribution in [2.75, 3.05) is 46.0 Å². The standard InChI is InChI=1S/C14H28N2O2/c1-3-15-14-5-8-17-11-13(14)10-16-6-4-7-18-12(2)9-16/h12-15H,3-11H2,1-2H3. The van der Waals surface area contributed by atoms with Gasteiger partial charge in [0.05, 0.1) is 12.7 Å². The number of nitrogens with zero attached hydrogens (tertiary/aromatic N) is 1. The number of nitrogens with one attached hydrogen (secondary N) is 1. The molecule has 0 aromatic heterocycles. The first-order valence-corrected chi connectivity index (χ1v) is 7.44. The van der Waals surface area contributed by atoms with Gasteiger partial charge in [-0.3, -0.25) is 0 Å². The molecule has 0 spiro atoms. The Morgan fingerprint density at radius 2 is 2.22 bits per heavy atom. The van der Waals surface area contributed by atoms with E-state index >= 15 is 0 Å². The summed E-state index contributed by atoms with van der Waals surface area (Å²) in [5, 5.41) is 3.61. The van der Waals surface area contributed by atoms with Crippen LogP contribution in [0.4, 0.5) is 0 Å². The average Bonchev–Trinajstić information content (AvgIpc) is 2.56. The maximum atomic E-state index is 5.71. The molecular weight excluding hydrogens is 228 g/mol. The molecule has 2 fully saturated rings. The van der Waals surface area contributed by atoms with Gasteiger partial charge < -0.3 is 19.7 Å². The van der Waals surface area contributed by atoms with Gasteiger partial charge in [-0.1, -0.05) is 6.92 Å². The molecule has 4 heteroatoms. The van der Waals surface area contributed by atoms with Gasteiger partial charge in [0.25, 0.3) is 0 Å². The number of ether oxygens (including phenoxy) is 2. The van der Waals surface area contributed by atoms with Crippen LogP contribution in [0.15, 0.2) is 0 Å². The second kappa shape index (κ2) is 7.43. The van der Waals surface area contributed by atoms with E-state index < -0.39 is 0 Å². The smallest absolute Gasteiger partial charge is 0.0673 e. The van der Waals surface area contributed by atoms with Gasteiger partial charge in [0.15, 0.2) is 0 Å². The molecule has 2 saturated heterocycles. The third-order valence-corrected chi connectivity index (χ3v) is 3.97. The molecule has 18 heavy (non-hydrogen) atoms. The molecule has 4 nitrogen and oxygen atoms in total. The van der Waals surface area contributed by atoms with Crippen LogP contribution >= 0.6 is 0 Å². The van der Waals surface area contributed by atoms with Crippen molar-refractivity contribution in [1.29, 1.82) is 0 Å². The summed E-state index contributed by atoms with van der Waals surface area (Å²) in [6.45, 7) is 11.5. The topological polar surface area (TPSA) is 33.7 Å². The summed E-state index contributed by atoms with van der Waals surface area (Å²) in [7, 11) is 0. The molecule has 0 aliphatic carbocycles. The van der Waals surface area contributed by atoms with Crippen molar-refractivity contribution in [1.82, 2.24) is 10.2 Å². The number of rotatable bonds is 4. The van der Waals surface area contributed by atoms with Crippen LogP contribution in [0.1, 0.15) is 26.7 Å². The van der Waals surface area contributed by atoms with Crippen LogP contribution in [0.5, 0.6) is 0 Å². The molecule has 2 rings (SSSR count). The third-order valence-electron chi connectivity index (χ3n) is 3.97. The summed E-state index contributed by atoms with van der Waals surface area (Å²) in [5.41, 5.74) is 0. The minimum absolute atomic E-state index is 0.370. The SMILES string of the molecule is CCNC1CCOCC1CN1CCCOC(C)C1. The summed E-state index contributed by atoms with van der Waals surface area (Å²) in [6.07, 6.45) is 2.68. The van der Waals surface area contributed by atoms with Crippen LogP contribution in [0.3, 0.4) is 0 Å². The van der Waals surface area contributed by atoms with Gasteiger partial charge in [0, 0.05) is 44.8 Å². The Balaban J connectivity index is 1.85. The summed E-state index contributed by atoms with van der Waals surface area (Å²) < 4.78 is 11.4. The first kappa shape index (κ1) is 14.3. The van der Waals surface area contributed by atoms with Crippen LogP contribution in [0.2, 0.25) is 0 Å². The van der Waals surface area contributed by atoms with Crippen molar-refractivity contribution in [3.8, 4) is 0 Å². The molecule has 3 unspecified atom stereocenters. The lowest BCUT2D eigenvalue weighted by Gasteiger charge is -2.35. The summed E-state index contributed by atoms with van der Waals surface area (Å²) in [4.78, 5) is 2.56. The van der Waals surface area contributed by atoms with Gasteiger partial charge in [-0.15, -0.1) is 0 Å². The van der Waals surface area contributed by atoms with Crippen LogP contribution in [-0.2, 0) is 9.47 Å². The lowest BCUT2D eigenvalue weighted by Crippen LogP contribution is -2.48. The zero-order valence-electron chi connectivity index (χ0n) is 11.9. The molecule has 0 bridgehead atoms. The van der Waals surface area contributed by atoms with Crippen LogP contribution in [-0.4, -0.2) is 63.0 Å². The quantitative estimate of drug-likeness (QED) is 0.817. The molecule has 0 radical (unpaired) electrons. The van der Waals surface area contributed by atoms with E-state index in [0.29, 0.717) is 18.1 Å². The molecule has 2 aliphatic rings. The monoisotopic (exact) mass is 256 g/mol. The first-order valence-electron chi connectivity index (χ1n) is 7.44. The van der Waals surface area contributed by atoms with Gasteiger partial charge in [0.2, 0.25) is 0 Å². The zero-order chi connectivity index (χ0) is 12.8. The van der Waals surface area contributed by atoms with Gasteiger partial charge in [0.1, 0.15) is 0 Å². The maximum Gasteiger partial charge on any atom is 0.0673 e. The highest BCUT2D eigenvalue weighted by molar-refractivity contribution is 4.82. The molecule has 0 amide bonds. The summed E-state index contributed by atoms with van der Waals surface area (Å²) >= 11 is 0. The molecule has 106 valence electrons. The zero-order valence-corrected chi connectivity index (χ0v) is 11.9. The normalized spacial score (nSPS) is 35.3. The van der Waals surface area contributed by atoms with Gasteiger partial charge in [-0.05, 0) is 26.3 Å². The van der Waals surface area contributed by atoms with E-state index in [9.17, 15) is 0 Å². The van der Waals surface area contributed by atoms with Gasteiger partial charge in [-0.25, -0.2) is 0 Å². The second-order valence-electron chi connectivity index (χ2n) is 5.58. The fourth-order valence-corrected chi connectivity index (χ4v) is 3.09. The predicted octanol–water partition coefficient (Wildman–Crippen LogP) is 1.11. The van der Waals surface area contributed by atoms with E-state index in [1.165, 1.54) is 6.54 Å². The summed E-state index contributed by atoms with van der Waals surface area (Å²) in [5.74, 6) is 0.629. The molecule has 0 aromatic carbocycles. The lowest BCUT2D eigenvalue weighted by molar-refractivity contribution is 0.0118. The fraction of sp³-hybridized carbons (Fsp3) is 1.00. The Morgan fingerprint density at radius 1 is 1.33 bits per heavy atom. The molecule has 0 aromatic rings. The number of hydrogen-bond donors (Lipinski definition) is 1. The first-order chi connectivity index (χ1) is 8.79. The molecular formula is C14H28N2O2. The van der Waals surface area contributed by atoms with Crippen LogP contribution in [0.25, 0.3) is 0 Å². The fourth-order valence-electron chi connectivity index (χ4n) is 3.09. The Kier molecular flexibility index (Phi) is 5.89. The third kappa shape index (κ3) is 4.19. The highest BCUT2D eigenvalue weighted by Gasteiger charge is 2.27. The molecule has 2 aliphatic heterocycles. The van der Waals surface area contributed by atoms with E-state index in [4.69, 9.17) is 9.47 Å². The van der Waals surface area contributed by atoms with Crippen molar-refractivity contribution in [3.05, 3.63) is 0 Å². The molecule has 3 atom stereocenters. The van der Waals surface area contributed by atoms with Crippen molar-refractivity contribution in [2.24, 2.45) is 5.92 Å². The predicted molar refractivity (Wildman–Crippen MR) is 72.9 cm³/mol. The van der Waals surface area contributed by atoms with Crippen molar-refractivity contribution >= 4 is 0 Å². The lowest BCUT2D eigenvalue weighted by atomic mass is 9.95. The molecule has 2 heterocycles. The largest absolute Gasteiger partial charge is 0.381 e. The van der Waals surface area contributed by atoms with Crippen molar-refractivity contribution in [2.45, 2.75) is 38.8 Å². The minimum Gasteiger partial charge on any atom is -0.381 e. The van der Waals surface area contributed by atoms with Crippen LogP contribution < -0.4 is 5.32 Å². The van der Waals surface area contributed by atoms with Crippen molar-refractivity contribution < 1.29 is 9.47 Å². The highest BCUT2D eigenvalue weighted by Crippen LogP contribution is 2.17. The Labute approximate surface area is 111 Å². The van der Waals surface area contributed by atoms with E-state index in [2.05, 4.69) is 24.1 Å². The van der Waals surface area contributed by atoms with E-state index in [1.54, 1.807) is 0 Å². The highest BCUT2D eigenvalue weighted by atomic mass is 16.5. The average molecular weight is 256 g/mol. The van der Waals surface area contributed by atoms with E-state index in [-0.39, 0.29) is 0 Å². The van der Waals surface area contributed by atoms with Crippen LogP contribution in [0, 0.1) is 5.92 Å².